The summed E-state index contributed by atoms with van der Waals surface area (Å²) < 4.78 is 0. The number of halogens is 1. The van der Waals surface area contributed by atoms with E-state index in [4.69, 9.17) is 0 Å². The maximum Gasteiger partial charge on any atom is 2.00 e. The van der Waals surface area contributed by atoms with Gasteiger partial charge in [-0.25, -0.2) is 0 Å². The molecule has 0 saturated heterocycles. The molecule has 0 fully saturated rings. The fraction of sp³-hybridized carbons (Fsp3) is 0.500. The van der Waals surface area contributed by atoms with Crippen LogP contribution >= 0.6 is 0 Å². The van der Waals surface area contributed by atoms with E-state index >= 15 is 0 Å². The van der Waals surface area contributed by atoms with Crippen LogP contribution in [0.3, 0.4) is 0 Å². The first-order valence-corrected chi connectivity index (χ1v) is 4.83. The molecular formula is C12H17ClOZr. The summed E-state index contributed by atoms with van der Waals surface area (Å²) in [5.41, 5.74) is 1.87. The quantitative estimate of drug-likeness (QED) is 0.755. The van der Waals surface area contributed by atoms with E-state index in [2.05, 4.69) is 27.7 Å². The minimum atomic E-state index is 0. The van der Waals surface area contributed by atoms with Crippen LogP contribution in [0.25, 0.3) is 0 Å². The van der Waals surface area contributed by atoms with Crippen molar-refractivity contribution in [1.82, 2.24) is 0 Å². The molecule has 0 aromatic heterocycles. The van der Waals surface area contributed by atoms with Crippen molar-refractivity contribution in [2.75, 3.05) is 0 Å². The van der Waals surface area contributed by atoms with Crippen molar-refractivity contribution in [3.63, 3.8) is 0 Å². The molecule has 1 aromatic rings. The van der Waals surface area contributed by atoms with Gasteiger partial charge in [-0.1, -0.05) is 57.0 Å². The molecule has 0 atom stereocenters. The molecule has 15 heavy (non-hydrogen) atoms. The third-order valence-corrected chi connectivity index (χ3v) is 2.32. The molecule has 3 heteroatoms. The first-order chi connectivity index (χ1) is 6.04. The molecule has 0 aliphatic carbocycles. The molecule has 0 radical (unpaired) electrons. The summed E-state index contributed by atoms with van der Waals surface area (Å²) in [6.45, 7) is 8.23. The van der Waals surface area contributed by atoms with Gasteiger partial charge in [0.15, 0.2) is 0 Å². The third kappa shape index (κ3) is 4.28. The van der Waals surface area contributed by atoms with Crippen LogP contribution in [-0.4, -0.2) is 0 Å². The van der Waals surface area contributed by atoms with Crippen molar-refractivity contribution in [1.29, 1.82) is 0 Å². The molecule has 0 saturated carbocycles. The predicted octanol–water partition coefficient (Wildman–Crippen LogP) is 0.00850. The number of rotatable bonds is 2. The molecule has 1 rings (SSSR count). The van der Waals surface area contributed by atoms with Crippen LogP contribution in [0.5, 0.6) is 5.75 Å². The average Bonchev–Trinajstić information content (AvgIpc) is 2.03. The Morgan fingerprint density at radius 1 is 0.933 bits per heavy atom. The molecule has 0 aliphatic heterocycles. The van der Waals surface area contributed by atoms with Gasteiger partial charge in [-0.2, -0.15) is 0 Å². The number of hydrogen-bond donors (Lipinski definition) is 0. The summed E-state index contributed by atoms with van der Waals surface area (Å²) in [4.78, 5) is 0. The normalized spacial score (nSPS) is 9.73. The standard InChI is InChI=1S/C12H18O.ClH.Zr/c1-8(2)10-6-5-7-11(9(3)4)12(10)13;;/h5-9,13H,1-4H3;1H;/q;;+2/p-2. The van der Waals surface area contributed by atoms with Crippen molar-refractivity contribution >= 4 is 0 Å². The fourth-order valence-electron chi connectivity index (χ4n) is 1.48. The second-order valence-electron chi connectivity index (χ2n) is 4.07. The summed E-state index contributed by atoms with van der Waals surface area (Å²) in [5.74, 6) is 0.880. The Morgan fingerprint density at radius 3 is 1.53 bits per heavy atom. The summed E-state index contributed by atoms with van der Waals surface area (Å²) >= 11 is 0. The van der Waals surface area contributed by atoms with Crippen molar-refractivity contribution in [2.45, 2.75) is 39.5 Å². The zero-order chi connectivity index (χ0) is 10.0. The average molecular weight is 304 g/mol. The molecular weight excluding hydrogens is 287 g/mol. The Morgan fingerprint density at radius 2 is 1.27 bits per heavy atom. The molecule has 0 N–H and O–H groups in total. The third-order valence-electron chi connectivity index (χ3n) is 2.32. The number of hydrogen-bond acceptors (Lipinski definition) is 1. The summed E-state index contributed by atoms with van der Waals surface area (Å²) in [6.07, 6.45) is 0. The van der Waals surface area contributed by atoms with Gasteiger partial charge in [0.1, 0.15) is 0 Å². The molecule has 0 spiro atoms. The largest absolute Gasteiger partial charge is 2.00 e. The van der Waals surface area contributed by atoms with E-state index < -0.39 is 0 Å². The van der Waals surface area contributed by atoms with Crippen LogP contribution < -0.4 is 17.5 Å². The SMILES string of the molecule is CC(C)c1cccc(C(C)C)c1[O-].[Cl-].[Zr+2]. The van der Waals surface area contributed by atoms with Gasteiger partial charge < -0.3 is 17.5 Å². The second kappa shape index (κ2) is 7.46. The molecule has 0 amide bonds. The molecule has 1 nitrogen and oxygen atoms in total. The Bertz CT molecular complexity index is 271. The zero-order valence-electron chi connectivity index (χ0n) is 9.67. The minimum Gasteiger partial charge on any atom is -1.00 e. The molecule has 0 aliphatic rings. The van der Waals surface area contributed by atoms with Crippen LogP contribution in [0.1, 0.15) is 50.7 Å². The fourth-order valence-corrected chi connectivity index (χ4v) is 1.48. The second-order valence-corrected chi connectivity index (χ2v) is 4.07. The smallest absolute Gasteiger partial charge is 1.00 e. The molecule has 0 unspecified atom stereocenters. The van der Waals surface area contributed by atoms with E-state index in [1.165, 1.54) is 0 Å². The van der Waals surface area contributed by atoms with Crippen LogP contribution in [0.15, 0.2) is 18.2 Å². The van der Waals surface area contributed by atoms with Gasteiger partial charge in [0.05, 0.1) is 0 Å². The van der Waals surface area contributed by atoms with Gasteiger partial charge in [0, 0.05) is 0 Å². The van der Waals surface area contributed by atoms with E-state index in [1.54, 1.807) is 0 Å². The van der Waals surface area contributed by atoms with Gasteiger partial charge in [0.2, 0.25) is 0 Å². The number of para-hydroxylation sites is 1. The van der Waals surface area contributed by atoms with Gasteiger partial charge in [-0.3, -0.25) is 0 Å². The molecule has 1 aromatic carbocycles. The van der Waals surface area contributed by atoms with E-state index in [0.717, 1.165) is 11.1 Å². The zero-order valence-corrected chi connectivity index (χ0v) is 12.9. The molecule has 0 heterocycles. The molecule has 0 bridgehead atoms. The first-order valence-electron chi connectivity index (χ1n) is 4.83. The summed E-state index contributed by atoms with van der Waals surface area (Å²) in [5, 5.41) is 11.9. The maximum atomic E-state index is 11.9. The van der Waals surface area contributed by atoms with Gasteiger partial charge in [0.25, 0.3) is 0 Å². The van der Waals surface area contributed by atoms with E-state index in [0.29, 0.717) is 11.8 Å². The minimum absolute atomic E-state index is 0. The van der Waals surface area contributed by atoms with Crippen LogP contribution in [0.2, 0.25) is 0 Å². The van der Waals surface area contributed by atoms with Crippen LogP contribution in [0, 0.1) is 0 Å². The summed E-state index contributed by atoms with van der Waals surface area (Å²) in [6, 6.07) is 5.84. The Kier molecular flexibility index (Phi) is 8.75. The Labute approximate surface area is 118 Å². The van der Waals surface area contributed by atoms with Crippen molar-refractivity contribution in [3.05, 3.63) is 29.3 Å². The van der Waals surface area contributed by atoms with Crippen LogP contribution in [-0.2, 0) is 26.2 Å². The molecule has 82 valence electrons. The van der Waals surface area contributed by atoms with Gasteiger partial charge in [-0.15, -0.1) is 5.75 Å². The van der Waals surface area contributed by atoms with E-state index in [1.807, 2.05) is 18.2 Å². The number of benzene rings is 1. The first kappa shape index (κ1) is 17.6. The van der Waals surface area contributed by atoms with Crippen molar-refractivity contribution in [2.24, 2.45) is 0 Å². The van der Waals surface area contributed by atoms with E-state index in [-0.39, 0.29) is 44.4 Å². The van der Waals surface area contributed by atoms with Crippen molar-refractivity contribution < 1.29 is 43.7 Å². The topological polar surface area (TPSA) is 23.1 Å². The van der Waals surface area contributed by atoms with Gasteiger partial charge >= 0.3 is 26.2 Å². The Balaban J connectivity index is 0. The monoisotopic (exact) mass is 302 g/mol. The predicted molar refractivity (Wildman–Crippen MR) is 54.1 cm³/mol. The van der Waals surface area contributed by atoms with Crippen LogP contribution in [0.4, 0.5) is 0 Å². The summed E-state index contributed by atoms with van der Waals surface area (Å²) in [7, 11) is 0. The van der Waals surface area contributed by atoms with Gasteiger partial charge in [-0.05, 0) is 11.8 Å². The van der Waals surface area contributed by atoms with E-state index in [9.17, 15) is 5.11 Å². The Hall–Kier alpha value is 0.193. The maximum absolute atomic E-state index is 11.9. The van der Waals surface area contributed by atoms with Crippen molar-refractivity contribution in [3.8, 4) is 5.75 Å².